The SMILES string of the molecule is CC(=O)CC(C)=O.CC1=CC(C)CC(c2ccc3c(C(C)C)cccc3n2)=[C-]1.[Ir]. The van der Waals surface area contributed by atoms with Crippen LogP contribution in [0.15, 0.2) is 42.0 Å². The Morgan fingerprint density at radius 1 is 1.14 bits per heavy atom. The summed E-state index contributed by atoms with van der Waals surface area (Å²) >= 11 is 0. The number of benzene rings is 1. The Morgan fingerprint density at radius 2 is 1.79 bits per heavy atom. The molecule has 2 aromatic rings. The Morgan fingerprint density at radius 3 is 2.31 bits per heavy atom. The summed E-state index contributed by atoms with van der Waals surface area (Å²) in [6.45, 7) is 11.6. The van der Waals surface area contributed by atoms with Crippen molar-refractivity contribution < 1.29 is 29.7 Å². The molecule has 157 valence electrons. The molecule has 1 radical (unpaired) electrons. The molecule has 0 aliphatic heterocycles. The number of nitrogens with zero attached hydrogens (tertiary/aromatic N) is 1. The van der Waals surface area contributed by atoms with Crippen LogP contribution in [-0.4, -0.2) is 16.6 Å². The van der Waals surface area contributed by atoms with Gasteiger partial charge in [0.05, 0.1) is 11.9 Å². The van der Waals surface area contributed by atoms with E-state index in [0.717, 1.165) is 17.6 Å². The zero-order valence-electron chi connectivity index (χ0n) is 18.1. The third-order valence-corrected chi connectivity index (χ3v) is 4.60. The van der Waals surface area contributed by atoms with E-state index in [0.29, 0.717) is 11.8 Å². The van der Waals surface area contributed by atoms with E-state index in [9.17, 15) is 9.59 Å². The maximum Gasteiger partial charge on any atom is 0.137 e. The molecular formula is C25H30IrNO2-. The van der Waals surface area contributed by atoms with Crippen LogP contribution in [-0.2, 0) is 29.7 Å². The van der Waals surface area contributed by atoms with E-state index < -0.39 is 0 Å². The molecule has 3 rings (SSSR count). The summed E-state index contributed by atoms with van der Waals surface area (Å²) in [5.74, 6) is 0.966. The van der Waals surface area contributed by atoms with Crippen LogP contribution in [0.25, 0.3) is 16.5 Å². The monoisotopic (exact) mass is 569 g/mol. The van der Waals surface area contributed by atoms with Crippen LogP contribution in [0.3, 0.4) is 0 Å². The van der Waals surface area contributed by atoms with E-state index in [1.807, 2.05) is 0 Å². The molecule has 1 aromatic carbocycles. The summed E-state index contributed by atoms with van der Waals surface area (Å²) in [7, 11) is 0. The van der Waals surface area contributed by atoms with Gasteiger partial charge in [0, 0.05) is 25.5 Å². The predicted octanol–water partition coefficient (Wildman–Crippen LogP) is 6.08. The summed E-state index contributed by atoms with van der Waals surface area (Å²) in [5, 5.41) is 1.27. The zero-order chi connectivity index (χ0) is 20.8. The molecule has 0 saturated carbocycles. The Hall–Kier alpha value is -1.90. The van der Waals surface area contributed by atoms with Crippen molar-refractivity contribution in [2.45, 2.75) is 60.3 Å². The molecule has 1 aliphatic rings. The number of rotatable bonds is 4. The van der Waals surface area contributed by atoms with Crippen molar-refractivity contribution in [1.29, 1.82) is 0 Å². The van der Waals surface area contributed by atoms with Gasteiger partial charge in [-0.05, 0) is 37.1 Å². The van der Waals surface area contributed by atoms with Crippen LogP contribution in [0, 0.1) is 12.0 Å². The number of Topliss-reactive ketones (excluding diaryl/α,β-unsaturated/α-hetero) is 2. The van der Waals surface area contributed by atoms with Crippen molar-refractivity contribution in [2.24, 2.45) is 5.92 Å². The van der Waals surface area contributed by atoms with Gasteiger partial charge in [0.25, 0.3) is 0 Å². The van der Waals surface area contributed by atoms with Crippen molar-refractivity contribution in [2.75, 3.05) is 0 Å². The van der Waals surface area contributed by atoms with Gasteiger partial charge in [0.15, 0.2) is 0 Å². The van der Waals surface area contributed by atoms with E-state index in [-0.39, 0.29) is 38.1 Å². The average Bonchev–Trinajstić information content (AvgIpc) is 2.59. The summed E-state index contributed by atoms with van der Waals surface area (Å²) in [6.07, 6.45) is 6.87. The largest absolute Gasteiger partial charge is 0.311 e. The van der Waals surface area contributed by atoms with Crippen molar-refractivity contribution in [3.8, 4) is 0 Å². The van der Waals surface area contributed by atoms with E-state index in [1.54, 1.807) is 0 Å². The summed E-state index contributed by atoms with van der Waals surface area (Å²) in [4.78, 5) is 25.0. The van der Waals surface area contributed by atoms with Crippen LogP contribution < -0.4 is 0 Å². The smallest absolute Gasteiger partial charge is 0.137 e. The standard InChI is InChI=1S/C20H22N.C5H8O2.Ir/c1-13(2)17-6-5-7-20-18(17)8-9-19(21-20)16-11-14(3)10-15(4)12-16;1-4(6)3-5(2)7;/h5-10,13-14H,11H2,1-4H3;3H2,1-2H3;/q-1;;. The van der Waals surface area contributed by atoms with Gasteiger partial charge in [-0.15, -0.1) is 5.57 Å². The number of ketones is 2. The fourth-order valence-electron chi connectivity index (χ4n) is 3.51. The number of pyridine rings is 1. The van der Waals surface area contributed by atoms with Crippen molar-refractivity contribution in [3.63, 3.8) is 0 Å². The summed E-state index contributed by atoms with van der Waals surface area (Å²) < 4.78 is 0. The molecule has 0 fully saturated rings. The molecular weight excluding hydrogens is 538 g/mol. The minimum Gasteiger partial charge on any atom is -0.311 e. The maximum atomic E-state index is 10.0. The molecule has 29 heavy (non-hydrogen) atoms. The molecule has 1 unspecified atom stereocenters. The molecule has 1 heterocycles. The molecule has 0 amide bonds. The minimum atomic E-state index is -0.0625. The van der Waals surface area contributed by atoms with Gasteiger partial charge in [-0.2, -0.15) is 17.7 Å². The van der Waals surface area contributed by atoms with Crippen molar-refractivity contribution in [1.82, 2.24) is 4.98 Å². The number of fused-ring (bicyclic) bond motifs is 1. The van der Waals surface area contributed by atoms with Crippen molar-refractivity contribution in [3.05, 3.63) is 59.3 Å². The van der Waals surface area contributed by atoms with Gasteiger partial charge in [-0.1, -0.05) is 64.3 Å². The fraction of sp³-hybridized carbons (Fsp3) is 0.400. The first kappa shape index (κ1) is 25.1. The van der Waals surface area contributed by atoms with Gasteiger partial charge in [-0.3, -0.25) is 9.59 Å². The molecule has 0 spiro atoms. The second-order valence-corrected chi connectivity index (χ2v) is 7.98. The number of carbonyl (C=O) groups excluding carboxylic acids is 2. The Bertz CT molecular complexity index is 929. The molecule has 1 aliphatic carbocycles. The summed E-state index contributed by atoms with van der Waals surface area (Å²) in [5.41, 5.74) is 5.99. The van der Waals surface area contributed by atoms with Crippen molar-refractivity contribution >= 4 is 28.0 Å². The second-order valence-electron chi connectivity index (χ2n) is 7.98. The number of allylic oxidation sites excluding steroid dienone is 4. The van der Waals surface area contributed by atoms with Gasteiger partial charge >= 0.3 is 0 Å². The van der Waals surface area contributed by atoms with Crippen LogP contribution >= 0.6 is 0 Å². The third kappa shape index (κ3) is 7.45. The van der Waals surface area contributed by atoms with E-state index in [2.05, 4.69) is 70.2 Å². The predicted molar refractivity (Wildman–Crippen MR) is 116 cm³/mol. The van der Waals surface area contributed by atoms with Crippen LogP contribution in [0.2, 0.25) is 0 Å². The maximum absolute atomic E-state index is 10.0. The summed E-state index contributed by atoms with van der Waals surface area (Å²) in [6, 6.07) is 10.8. The molecule has 1 atom stereocenters. The topological polar surface area (TPSA) is 47.0 Å². The normalized spacial score (nSPS) is 15.6. The van der Waals surface area contributed by atoms with E-state index in [1.165, 1.54) is 35.9 Å². The quantitative estimate of drug-likeness (QED) is 0.332. The first-order valence-electron chi connectivity index (χ1n) is 9.87. The molecule has 0 bridgehead atoms. The molecule has 4 heteroatoms. The first-order chi connectivity index (χ1) is 13.2. The fourth-order valence-corrected chi connectivity index (χ4v) is 3.51. The minimum absolute atomic E-state index is 0. The Balaban J connectivity index is 0.000000456. The zero-order valence-corrected chi connectivity index (χ0v) is 20.5. The number of aromatic nitrogens is 1. The van der Waals surface area contributed by atoms with Gasteiger partial charge < -0.3 is 4.98 Å². The number of hydrogen-bond donors (Lipinski definition) is 0. The van der Waals surface area contributed by atoms with Gasteiger partial charge in [0.2, 0.25) is 0 Å². The van der Waals surface area contributed by atoms with E-state index >= 15 is 0 Å². The molecule has 0 N–H and O–H groups in total. The van der Waals surface area contributed by atoms with Crippen LogP contribution in [0.4, 0.5) is 0 Å². The average molecular weight is 569 g/mol. The number of carbonyl (C=O) groups is 2. The van der Waals surface area contributed by atoms with Gasteiger partial charge in [0.1, 0.15) is 11.6 Å². The second kappa shape index (κ2) is 11.3. The van der Waals surface area contributed by atoms with Crippen LogP contribution in [0.1, 0.15) is 71.6 Å². The molecule has 3 nitrogen and oxygen atoms in total. The Labute approximate surface area is 188 Å². The van der Waals surface area contributed by atoms with E-state index in [4.69, 9.17) is 4.98 Å². The van der Waals surface area contributed by atoms with Crippen LogP contribution in [0.5, 0.6) is 0 Å². The van der Waals surface area contributed by atoms with Gasteiger partial charge in [-0.25, -0.2) is 0 Å². The number of hydrogen-bond acceptors (Lipinski definition) is 3. The molecule has 1 aromatic heterocycles. The molecule has 0 saturated heterocycles. The first-order valence-corrected chi connectivity index (χ1v) is 9.87. The Kier molecular flexibility index (Phi) is 9.82. The third-order valence-electron chi connectivity index (χ3n) is 4.60.